The molecule has 2 atom stereocenters. The first-order valence-electron chi connectivity index (χ1n) is 7.63. The van der Waals surface area contributed by atoms with E-state index in [0.717, 1.165) is 25.1 Å². The molecule has 1 aliphatic rings. The number of likely N-dealkylation sites (N-methyl/N-ethyl adjacent to an activating group) is 1. The van der Waals surface area contributed by atoms with Crippen molar-refractivity contribution in [3.05, 3.63) is 29.3 Å². The number of benzene rings is 1. The van der Waals surface area contributed by atoms with Crippen LogP contribution in [-0.2, 0) is 4.74 Å². The molecule has 1 heterocycles. The predicted octanol–water partition coefficient (Wildman–Crippen LogP) is 3.26. The Hall–Kier alpha value is -1.06. The van der Waals surface area contributed by atoms with Crippen molar-refractivity contribution in [3.8, 4) is 5.75 Å². The zero-order chi connectivity index (χ0) is 14.5. The topological polar surface area (TPSA) is 30.5 Å². The lowest BCUT2D eigenvalue weighted by molar-refractivity contribution is 0.0193. The molecule has 0 aliphatic carbocycles. The van der Waals surface area contributed by atoms with Crippen molar-refractivity contribution in [1.82, 2.24) is 5.32 Å². The van der Waals surface area contributed by atoms with Crippen LogP contribution in [0.3, 0.4) is 0 Å². The summed E-state index contributed by atoms with van der Waals surface area (Å²) in [6.07, 6.45) is 2.80. The van der Waals surface area contributed by atoms with Crippen LogP contribution >= 0.6 is 0 Å². The summed E-state index contributed by atoms with van der Waals surface area (Å²) in [6, 6.07) is 6.38. The van der Waals surface area contributed by atoms with Gasteiger partial charge < -0.3 is 14.8 Å². The van der Waals surface area contributed by atoms with Gasteiger partial charge in [0.15, 0.2) is 0 Å². The Labute approximate surface area is 122 Å². The van der Waals surface area contributed by atoms with Crippen molar-refractivity contribution < 1.29 is 9.47 Å². The smallest absolute Gasteiger partial charge is 0.119 e. The molecule has 1 saturated heterocycles. The standard InChI is InChI=1S/C17H27NO2/c1-12(2)17-8-7-14(9-13(17)3)19-11-16-6-5-15(20-16)10-18-4/h7-9,12,15-16,18H,5-6,10-11H2,1-4H3. The molecule has 112 valence electrons. The van der Waals surface area contributed by atoms with Crippen LogP contribution in [0.25, 0.3) is 0 Å². The Bertz CT molecular complexity index is 431. The van der Waals surface area contributed by atoms with E-state index in [-0.39, 0.29) is 6.10 Å². The van der Waals surface area contributed by atoms with E-state index in [2.05, 4.69) is 44.3 Å². The lowest BCUT2D eigenvalue weighted by atomic mass is 9.98. The van der Waals surface area contributed by atoms with Crippen molar-refractivity contribution in [2.24, 2.45) is 0 Å². The second-order valence-electron chi connectivity index (χ2n) is 6.00. The van der Waals surface area contributed by atoms with Crippen LogP contribution in [0.1, 0.15) is 43.7 Å². The Balaban J connectivity index is 1.84. The van der Waals surface area contributed by atoms with E-state index in [1.165, 1.54) is 11.1 Å². The third-order valence-corrected chi connectivity index (χ3v) is 3.93. The van der Waals surface area contributed by atoms with Crippen LogP contribution in [0.4, 0.5) is 0 Å². The van der Waals surface area contributed by atoms with Gasteiger partial charge in [-0.3, -0.25) is 0 Å². The lowest BCUT2D eigenvalue weighted by Gasteiger charge is -2.16. The first kappa shape index (κ1) is 15.3. The van der Waals surface area contributed by atoms with Gasteiger partial charge in [0.1, 0.15) is 12.4 Å². The SMILES string of the molecule is CNCC1CCC(COc2ccc(C(C)C)c(C)c2)O1. The molecule has 1 fully saturated rings. The molecule has 1 N–H and O–H groups in total. The fourth-order valence-electron chi connectivity index (χ4n) is 2.86. The van der Waals surface area contributed by atoms with E-state index in [0.29, 0.717) is 18.6 Å². The van der Waals surface area contributed by atoms with E-state index >= 15 is 0 Å². The van der Waals surface area contributed by atoms with Gasteiger partial charge in [0, 0.05) is 6.54 Å². The summed E-state index contributed by atoms with van der Waals surface area (Å²) in [5.41, 5.74) is 2.70. The zero-order valence-electron chi connectivity index (χ0n) is 13.1. The third-order valence-electron chi connectivity index (χ3n) is 3.93. The lowest BCUT2D eigenvalue weighted by Crippen LogP contribution is -2.25. The molecule has 2 rings (SSSR count). The number of ether oxygens (including phenoxy) is 2. The largest absolute Gasteiger partial charge is 0.491 e. The van der Waals surface area contributed by atoms with Crippen LogP contribution in [0.5, 0.6) is 5.75 Å². The van der Waals surface area contributed by atoms with Gasteiger partial charge in [-0.15, -0.1) is 0 Å². The monoisotopic (exact) mass is 277 g/mol. The molecule has 0 bridgehead atoms. The molecular weight excluding hydrogens is 250 g/mol. The highest BCUT2D eigenvalue weighted by Crippen LogP contribution is 2.25. The van der Waals surface area contributed by atoms with Gasteiger partial charge in [0.05, 0.1) is 12.2 Å². The summed E-state index contributed by atoms with van der Waals surface area (Å²) in [5.74, 6) is 1.51. The van der Waals surface area contributed by atoms with Gasteiger partial charge in [-0.25, -0.2) is 0 Å². The maximum absolute atomic E-state index is 5.93. The molecule has 0 aromatic heterocycles. The van der Waals surface area contributed by atoms with Crippen molar-refractivity contribution in [3.63, 3.8) is 0 Å². The molecule has 3 heteroatoms. The minimum Gasteiger partial charge on any atom is -0.491 e. The highest BCUT2D eigenvalue weighted by atomic mass is 16.5. The second kappa shape index (κ2) is 7.09. The highest BCUT2D eigenvalue weighted by Gasteiger charge is 2.25. The van der Waals surface area contributed by atoms with Gasteiger partial charge in [0.2, 0.25) is 0 Å². The van der Waals surface area contributed by atoms with Crippen molar-refractivity contribution in [2.45, 2.75) is 51.7 Å². The second-order valence-corrected chi connectivity index (χ2v) is 6.00. The molecule has 0 amide bonds. The average molecular weight is 277 g/mol. The summed E-state index contributed by atoms with van der Waals surface area (Å²) in [7, 11) is 1.96. The number of rotatable bonds is 6. The number of hydrogen-bond acceptors (Lipinski definition) is 3. The maximum atomic E-state index is 5.93. The van der Waals surface area contributed by atoms with Crippen molar-refractivity contribution in [1.29, 1.82) is 0 Å². The van der Waals surface area contributed by atoms with Crippen LogP contribution < -0.4 is 10.1 Å². The van der Waals surface area contributed by atoms with Gasteiger partial charge in [-0.1, -0.05) is 19.9 Å². The summed E-state index contributed by atoms with van der Waals surface area (Å²) >= 11 is 0. The van der Waals surface area contributed by atoms with E-state index in [9.17, 15) is 0 Å². The molecular formula is C17H27NO2. The fourth-order valence-corrected chi connectivity index (χ4v) is 2.86. The molecule has 0 saturated carbocycles. The fraction of sp³-hybridized carbons (Fsp3) is 0.647. The van der Waals surface area contributed by atoms with Crippen LogP contribution in [-0.4, -0.2) is 32.4 Å². The van der Waals surface area contributed by atoms with Crippen molar-refractivity contribution in [2.75, 3.05) is 20.2 Å². The minimum absolute atomic E-state index is 0.235. The van der Waals surface area contributed by atoms with Crippen LogP contribution in [0.15, 0.2) is 18.2 Å². The number of hydrogen-bond donors (Lipinski definition) is 1. The number of nitrogens with one attached hydrogen (secondary N) is 1. The molecule has 3 nitrogen and oxygen atoms in total. The van der Waals surface area contributed by atoms with E-state index in [1.807, 2.05) is 7.05 Å². The van der Waals surface area contributed by atoms with Gasteiger partial charge in [0.25, 0.3) is 0 Å². The number of aryl methyl sites for hydroxylation is 1. The molecule has 20 heavy (non-hydrogen) atoms. The highest BCUT2D eigenvalue weighted by molar-refractivity contribution is 5.36. The van der Waals surface area contributed by atoms with E-state index < -0.39 is 0 Å². The molecule has 0 radical (unpaired) electrons. The first-order chi connectivity index (χ1) is 9.60. The zero-order valence-corrected chi connectivity index (χ0v) is 13.1. The third kappa shape index (κ3) is 3.97. The van der Waals surface area contributed by atoms with E-state index in [4.69, 9.17) is 9.47 Å². The molecule has 1 aliphatic heterocycles. The van der Waals surface area contributed by atoms with E-state index in [1.54, 1.807) is 0 Å². The minimum atomic E-state index is 0.235. The van der Waals surface area contributed by atoms with Crippen LogP contribution in [0, 0.1) is 6.92 Å². The van der Waals surface area contributed by atoms with Gasteiger partial charge in [-0.2, -0.15) is 0 Å². The molecule has 1 aromatic carbocycles. The maximum Gasteiger partial charge on any atom is 0.119 e. The summed E-state index contributed by atoms with van der Waals surface area (Å²) in [5, 5.41) is 3.16. The Morgan fingerprint density at radius 2 is 2.05 bits per heavy atom. The average Bonchev–Trinajstić information content (AvgIpc) is 2.84. The van der Waals surface area contributed by atoms with Gasteiger partial charge in [-0.05, 0) is 56.0 Å². The van der Waals surface area contributed by atoms with Crippen LogP contribution in [0.2, 0.25) is 0 Å². The predicted molar refractivity (Wildman–Crippen MR) is 82.6 cm³/mol. The molecule has 2 unspecified atom stereocenters. The summed E-state index contributed by atoms with van der Waals surface area (Å²) in [4.78, 5) is 0. The summed E-state index contributed by atoms with van der Waals surface area (Å²) < 4.78 is 11.8. The normalized spacial score (nSPS) is 22.4. The first-order valence-corrected chi connectivity index (χ1v) is 7.63. The quantitative estimate of drug-likeness (QED) is 0.865. The Morgan fingerprint density at radius 3 is 2.70 bits per heavy atom. The van der Waals surface area contributed by atoms with Gasteiger partial charge >= 0.3 is 0 Å². The Morgan fingerprint density at radius 1 is 1.30 bits per heavy atom. The Kier molecular flexibility index (Phi) is 5.44. The molecule has 1 aromatic rings. The summed E-state index contributed by atoms with van der Waals surface area (Å²) in [6.45, 7) is 8.17. The molecule has 0 spiro atoms. The van der Waals surface area contributed by atoms with Crippen molar-refractivity contribution >= 4 is 0 Å².